The Hall–Kier alpha value is -1.35. The van der Waals surface area contributed by atoms with E-state index in [-0.39, 0.29) is 24.1 Å². The van der Waals surface area contributed by atoms with E-state index in [0.717, 1.165) is 0 Å². The molecule has 3 N–H and O–H groups in total. The van der Waals surface area contributed by atoms with Crippen molar-refractivity contribution in [3.05, 3.63) is 24.3 Å². The highest BCUT2D eigenvalue weighted by Crippen LogP contribution is 2.24. The Balaban J connectivity index is 0.00000312. The van der Waals surface area contributed by atoms with Gasteiger partial charge in [0, 0.05) is 18.8 Å². The number of hydrogen-bond donors (Lipinski definition) is 2. The van der Waals surface area contributed by atoms with E-state index in [2.05, 4.69) is 5.32 Å². The summed E-state index contributed by atoms with van der Waals surface area (Å²) < 4.78 is 31.2. The Morgan fingerprint density at radius 1 is 1.36 bits per heavy atom. The van der Waals surface area contributed by atoms with E-state index in [1.807, 2.05) is 6.92 Å². The van der Waals surface area contributed by atoms with Gasteiger partial charge in [-0.05, 0) is 43.5 Å². The minimum absolute atomic E-state index is 0. The second-order valence-corrected chi connectivity index (χ2v) is 7.78. The van der Waals surface area contributed by atoms with Crippen molar-refractivity contribution in [3.63, 3.8) is 0 Å². The molecule has 1 fully saturated rings. The number of nitrogens with two attached hydrogens (primary N) is 1. The summed E-state index contributed by atoms with van der Waals surface area (Å²) >= 11 is 0. The first-order valence-corrected chi connectivity index (χ1v) is 9.82. The van der Waals surface area contributed by atoms with E-state index in [1.54, 1.807) is 24.3 Å². The average molecular weight is 392 g/mol. The van der Waals surface area contributed by atoms with Crippen LogP contribution in [0.3, 0.4) is 0 Å². The summed E-state index contributed by atoms with van der Waals surface area (Å²) in [6.45, 7) is 3.09. The Labute approximate surface area is 155 Å². The number of rotatable bonds is 8. The van der Waals surface area contributed by atoms with Crippen LogP contribution in [0.1, 0.15) is 26.2 Å². The summed E-state index contributed by atoms with van der Waals surface area (Å²) in [6, 6.07) is 6.30. The summed E-state index contributed by atoms with van der Waals surface area (Å²) in [5.41, 5.74) is 5.99. The van der Waals surface area contributed by atoms with Crippen molar-refractivity contribution in [3.8, 4) is 5.75 Å². The van der Waals surface area contributed by atoms with Crippen molar-refractivity contribution in [1.29, 1.82) is 0 Å². The molecule has 7 nitrogen and oxygen atoms in total. The van der Waals surface area contributed by atoms with Gasteiger partial charge in [-0.25, -0.2) is 8.42 Å². The fourth-order valence-electron chi connectivity index (χ4n) is 2.75. The number of hydrogen-bond acceptors (Lipinski definition) is 5. The predicted octanol–water partition coefficient (Wildman–Crippen LogP) is 1.59. The Kier molecular flexibility index (Phi) is 8.64. The molecule has 0 aromatic heterocycles. The van der Waals surface area contributed by atoms with Crippen molar-refractivity contribution in [1.82, 2.24) is 4.31 Å². The number of carbonyl (C=O) groups excluding carboxylic acids is 1. The van der Waals surface area contributed by atoms with Crippen molar-refractivity contribution >= 4 is 34.0 Å². The quantitative estimate of drug-likeness (QED) is 0.700. The highest BCUT2D eigenvalue weighted by Gasteiger charge is 2.37. The molecule has 1 aromatic rings. The molecule has 2 rings (SSSR count). The maximum absolute atomic E-state index is 12.5. The summed E-state index contributed by atoms with van der Waals surface area (Å²) in [4.78, 5) is 12.5. The minimum Gasteiger partial charge on any atom is -0.492 e. The number of sulfonamides is 1. The first-order chi connectivity index (χ1) is 11.5. The van der Waals surface area contributed by atoms with E-state index in [1.165, 1.54) is 4.31 Å². The normalized spacial score (nSPS) is 17.8. The second-order valence-electron chi connectivity index (χ2n) is 5.74. The number of amides is 1. The maximum Gasteiger partial charge on any atom is 0.242 e. The number of anilines is 1. The van der Waals surface area contributed by atoms with Crippen LogP contribution in [0.5, 0.6) is 5.75 Å². The lowest BCUT2D eigenvalue weighted by molar-refractivity contribution is -0.119. The first-order valence-electron chi connectivity index (χ1n) is 8.21. The highest BCUT2D eigenvalue weighted by atomic mass is 35.5. The molecule has 1 aliphatic rings. The van der Waals surface area contributed by atoms with Gasteiger partial charge in [0.25, 0.3) is 0 Å². The molecule has 1 atom stereocenters. The molecule has 1 aromatic carbocycles. The monoisotopic (exact) mass is 391 g/mol. The lowest BCUT2D eigenvalue weighted by Crippen LogP contribution is -2.44. The molecule has 1 saturated heterocycles. The molecule has 1 unspecified atom stereocenters. The largest absolute Gasteiger partial charge is 0.492 e. The van der Waals surface area contributed by atoms with Gasteiger partial charge in [-0.1, -0.05) is 6.92 Å². The molecule has 1 heterocycles. The molecule has 9 heteroatoms. The van der Waals surface area contributed by atoms with Crippen LogP contribution in [0.15, 0.2) is 24.3 Å². The topological polar surface area (TPSA) is 102 Å². The van der Waals surface area contributed by atoms with Crippen molar-refractivity contribution < 1.29 is 17.9 Å². The van der Waals surface area contributed by atoms with E-state index in [9.17, 15) is 13.2 Å². The molecule has 0 radical (unpaired) electrons. The van der Waals surface area contributed by atoms with Gasteiger partial charge in [0.1, 0.15) is 18.4 Å². The third kappa shape index (κ3) is 5.85. The average Bonchev–Trinajstić information content (AvgIpc) is 3.05. The van der Waals surface area contributed by atoms with Gasteiger partial charge in [0.2, 0.25) is 15.9 Å². The molecule has 0 aliphatic carbocycles. The standard InChI is InChI=1S/C16H25N3O4S.ClH/c1-2-12-24(21,22)19-10-3-4-15(19)16(20)18-13-5-7-14(8-6-13)23-11-9-17;/h5-8,15H,2-4,9-12,17H2,1H3,(H,18,20);1H. The lowest BCUT2D eigenvalue weighted by Gasteiger charge is -2.23. The lowest BCUT2D eigenvalue weighted by atomic mass is 10.2. The van der Waals surface area contributed by atoms with Crippen LogP contribution >= 0.6 is 12.4 Å². The summed E-state index contributed by atoms with van der Waals surface area (Å²) in [7, 11) is -3.37. The maximum atomic E-state index is 12.5. The third-order valence-electron chi connectivity index (χ3n) is 3.83. The van der Waals surface area contributed by atoms with Crippen LogP contribution in [-0.4, -0.2) is 50.1 Å². The number of nitrogens with one attached hydrogen (secondary N) is 1. The van der Waals surface area contributed by atoms with Gasteiger partial charge >= 0.3 is 0 Å². The summed E-state index contributed by atoms with van der Waals surface area (Å²) in [5, 5.41) is 2.79. The van der Waals surface area contributed by atoms with Crippen LogP contribution in [0.4, 0.5) is 5.69 Å². The zero-order valence-corrected chi connectivity index (χ0v) is 15.9. The zero-order chi connectivity index (χ0) is 17.6. The second kappa shape index (κ2) is 9.96. The molecule has 1 aliphatic heterocycles. The minimum atomic E-state index is -3.37. The molecular formula is C16H26ClN3O4S. The van der Waals surface area contributed by atoms with E-state index >= 15 is 0 Å². The van der Waals surface area contributed by atoms with Gasteiger partial charge in [-0.3, -0.25) is 4.79 Å². The molecule has 0 saturated carbocycles. The molecule has 0 spiro atoms. The van der Waals surface area contributed by atoms with Crippen LogP contribution in [0, 0.1) is 0 Å². The number of benzene rings is 1. The highest BCUT2D eigenvalue weighted by molar-refractivity contribution is 7.89. The van der Waals surface area contributed by atoms with E-state index in [0.29, 0.717) is 50.4 Å². The van der Waals surface area contributed by atoms with E-state index < -0.39 is 16.1 Å². The third-order valence-corrected chi connectivity index (χ3v) is 5.91. The van der Waals surface area contributed by atoms with Crippen LogP contribution in [-0.2, 0) is 14.8 Å². The van der Waals surface area contributed by atoms with Gasteiger partial charge in [0.05, 0.1) is 5.75 Å². The van der Waals surface area contributed by atoms with Crippen molar-refractivity contribution in [2.75, 3.05) is 30.8 Å². The molecule has 142 valence electrons. The summed E-state index contributed by atoms with van der Waals surface area (Å²) in [5.74, 6) is 0.457. The Bertz CT molecular complexity index is 652. The van der Waals surface area contributed by atoms with Crippen LogP contribution in [0.2, 0.25) is 0 Å². The smallest absolute Gasteiger partial charge is 0.242 e. The zero-order valence-electron chi connectivity index (χ0n) is 14.3. The van der Waals surface area contributed by atoms with Crippen molar-refractivity contribution in [2.24, 2.45) is 5.73 Å². The number of halogens is 1. The Morgan fingerprint density at radius 2 is 2.04 bits per heavy atom. The predicted molar refractivity (Wildman–Crippen MR) is 101 cm³/mol. The van der Waals surface area contributed by atoms with Gasteiger partial charge in [-0.15, -0.1) is 12.4 Å². The first kappa shape index (κ1) is 21.7. The van der Waals surface area contributed by atoms with E-state index in [4.69, 9.17) is 10.5 Å². The molecule has 1 amide bonds. The molecule has 25 heavy (non-hydrogen) atoms. The molecule has 0 bridgehead atoms. The fraction of sp³-hybridized carbons (Fsp3) is 0.562. The van der Waals surface area contributed by atoms with Crippen LogP contribution in [0.25, 0.3) is 0 Å². The molecular weight excluding hydrogens is 366 g/mol. The SMILES string of the molecule is CCCS(=O)(=O)N1CCCC1C(=O)Nc1ccc(OCCN)cc1.Cl. The van der Waals surface area contributed by atoms with Crippen LogP contribution < -0.4 is 15.8 Å². The van der Waals surface area contributed by atoms with Crippen molar-refractivity contribution in [2.45, 2.75) is 32.2 Å². The number of nitrogens with zero attached hydrogens (tertiary/aromatic N) is 1. The number of carbonyl (C=O) groups is 1. The Morgan fingerprint density at radius 3 is 2.64 bits per heavy atom. The number of ether oxygens (including phenoxy) is 1. The van der Waals surface area contributed by atoms with Gasteiger partial charge in [0.15, 0.2) is 0 Å². The fourth-order valence-corrected chi connectivity index (χ4v) is 4.49. The van der Waals surface area contributed by atoms with Gasteiger partial charge in [-0.2, -0.15) is 4.31 Å². The van der Waals surface area contributed by atoms with Gasteiger partial charge < -0.3 is 15.8 Å². The summed E-state index contributed by atoms with van der Waals surface area (Å²) in [6.07, 6.45) is 1.79.